The molecule has 4 aliphatic rings. The molecule has 7 rings (SSSR count). The number of hydrogen-bond acceptors (Lipinski definition) is 2. The lowest BCUT2D eigenvalue weighted by Crippen LogP contribution is -2.51. The summed E-state index contributed by atoms with van der Waals surface area (Å²) in [5.74, 6) is 4.86. The van der Waals surface area contributed by atoms with Crippen LogP contribution >= 0.6 is 0 Å². The van der Waals surface area contributed by atoms with Gasteiger partial charge in [0.25, 0.3) is 0 Å². The standard InChI is InChI=1S/C44H56O2/c1-29(2)11-10-12-30(3)39-20-21-40-38-18-17-33-28-34(23-25-43(33,4)41(38)24-26-44(39,40)5)46-42(45)22-19-37-35-15-8-6-13-31(35)27-32-14-7-9-16-36(32)37/h6-9,13-17,19,22,27,29-30,34,38-41H,10-12,18,20-21,23-26,28H2,1-5H3/b22-19+/t30-,34+,38-,39+,40-,41-,43-,44+/m0/s1. The zero-order valence-corrected chi connectivity index (χ0v) is 29.1. The van der Waals surface area contributed by atoms with Crippen LogP contribution in [0.25, 0.3) is 27.6 Å². The minimum atomic E-state index is -0.215. The molecular weight excluding hydrogens is 560 g/mol. The highest BCUT2D eigenvalue weighted by Crippen LogP contribution is 2.67. The van der Waals surface area contributed by atoms with Crippen molar-refractivity contribution in [3.05, 3.63) is 77.9 Å². The van der Waals surface area contributed by atoms with Crippen molar-refractivity contribution >= 4 is 33.6 Å². The summed E-state index contributed by atoms with van der Waals surface area (Å²) in [5, 5.41) is 4.71. The molecule has 0 aromatic heterocycles. The van der Waals surface area contributed by atoms with Crippen LogP contribution in [0.4, 0.5) is 0 Å². The Kier molecular flexibility index (Phi) is 8.71. The number of esters is 1. The van der Waals surface area contributed by atoms with Gasteiger partial charge in [0, 0.05) is 12.5 Å². The molecule has 2 heteroatoms. The number of carbonyl (C=O) groups is 1. The largest absolute Gasteiger partial charge is 0.459 e. The van der Waals surface area contributed by atoms with Crippen molar-refractivity contribution in [2.24, 2.45) is 46.3 Å². The molecule has 0 spiro atoms. The molecule has 4 aliphatic carbocycles. The fraction of sp³-hybridized carbons (Fsp3) is 0.568. The average molecular weight is 617 g/mol. The molecule has 3 saturated carbocycles. The van der Waals surface area contributed by atoms with Crippen molar-refractivity contribution in [3.8, 4) is 0 Å². The monoisotopic (exact) mass is 616 g/mol. The Morgan fingerprint density at radius 2 is 1.61 bits per heavy atom. The predicted octanol–water partition coefficient (Wildman–Crippen LogP) is 12.0. The number of ether oxygens (including phenoxy) is 1. The number of carbonyl (C=O) groups excluding carboxylic acids is 1. The Bertz CT molecular complexity index is 1590. The van der Waals surface area contributed by atoms with Gasteiger partial charge in [-0.15, -0.1) is 0 Å². The van der Waals surface area contributed by atoms with Gasteiger partial charge in [0.2, 0.25) is 0 Å². The van der Waals surface area contributed by atoms with E-state index in [0.717, 1.165) is 60.3 Å². The molecule has 0 aliphatic heterocycles. The highest BCUT2D eigenvalue weighted by Gasteiger charge is 2.59. The van der Waals surface area contributed by atoms with Gasteiger partial charge in [-0.25, -0.2) is 4.79 Å². The van der Waals surface area contributed by atoms with E-state index in [2.05, 4.69) is 95.3 Å². The molecule has 0 unspecified atom stereocenters. The van der Waals surface area contributed by atoms with Gasteiger partial charge in [0.1, 0.15) is 6.10 Å². The molecule has 46 heavy (non-hydrogen) atoms. The Balaban J connectivity index is 1.02. The van der Waals surface area contributed by atoms with Crippen molar-refractivity contribution in [2.75, 3.05) is 0 Å². The zero-order valence-electron chi connectivity index (χ0n) is 29.1. The molecule has 3 aromatic carbocycles. The first-order valence-corrected chi connectivity index (χ1v) is 18.7. The normalized spacial score (nSPS) is 33.1. The van der Waals surface area contributed by atoms with E-state index >= 15 is 0 Å². The molecule has 0 heterocycles. The number of fused-ring (bicyclic) bond motifs is 7. The van der Waals surface area contributed by atoms with Crippen LogP contribution in [0.1, 0.15) is 111 Å². The fourth-order valence-electron chi connectivity index (χ4n) is 11.3. The third-order valence-corrected chi connectivity index (χ3v) is 13.7. The molecule has 244 valence electrons. The summed E-state index contributed by atoms with van der Waals surface area (Å²) in [5.41, 5.74) is 3.47. The van der Waals surface area contributed by atoms with Crippen LogP contribution in [-0.2, 0) is 9.53 Å². The van der Waals surface area contributed by atoms with Crippen LogP contribution in [-0.4, -0.2) is 12.1 Å². The lowest BCUT2D eigenvalue weighted by molar-refractivity contribution is -0.145. The van der Waals surface area contributed by atoms with Gasteiger partial charge in [0.05, 0.1) is 0 Å². The smallest absolute Gasteiger partial charge is 0.331 e. The number of hydrogen-bond donors (Lipinski definition) is 0. The zero-order chi connectivity index (χ0) is 32.1. The van der Waals surface area contributed by atoms with Crippen molar-refractivity contribution in [1.29, 1.82) is 0 Å². The maximum Gasteiger partial charge on any atom is 0.331 e. The van der Waals surface area contributed by atoms with Gasteiger partial charge in [-0.3, -0.25) is 0 Å². The third-order valence-electron chi connectivity index (χ3n) is 13.7. The topological polar surface area (TPSA) is 26.3 Å². The number of rotatable bonds is 8. The highest BCUT2D eigenvalue weighted by molar-refractivity contribution is 6.08. The van der Waals surface area contributed by atoms with Crippen LogP contribution in [0.2, 0.25) is 0 Å². The molecule has 0 amide bonds. The van der Waals surface area contributed by atoms with E-state index < -0.39 is 0 Å². The van der Waals surface area contributed by atoms with E-state index in [0.29, 0.717) is 5.41 Å². The first kappa shape index (κ1) is 31.7. The van der Waals surface area contributed by atoms with Crippen LogP contribution in [0.5, 0.6) is 0 Å². The maximum absolute atomic E-state index is 13.2. The Morgan fingerprint density at radius 3 is 2.33 bits per heavy atom. The number of allylic oxidation sites excluding steroid dienone is 1. The molecule has 0 saturated heterocycles. The summed E-state index contributed by atoms with van der Waals surface area (Å²) in [7, 11) is 0. The number of benzene rings is 3. The Hall–Kier alpha value is -2.87. The van der Waals surface area contributed by atoms with Crippen molar-refractivity contribution < 1.29 is 9.53 Å². The molecular formula is C44H56O2. The SMILES string of the molecule is CC(C)CCC[C@H](C)[C@H]1CC[C@H]2[C@@H]3CC=C4C[C@H](OC(=O)/C=C/c5c6ccccc6cc6ccccc56)CC[C@]4(C)[C@H]3CC[C@]12C. The lowest BCUT2D eigenvalue weighted by Gasteiger charge is -2.58. The first-order chi connectivity index (χ1) is 22.2. The second kappa shape index (κ2) is 12.6. The molecule has 0 radical (unpaired) electrons. The summed E-state index contributed by atoms with van der Waals surface area (Å²) in [6, 6.07) is 19.1. The minimum Gasteiger partial charge on any atom is -0.459 e. The third kappa shape index (κ3) is 5.67. The summed E-state index contributed by atoms with van der Waals surface area (Å²) in [6.07, 6.45) is 20.4. The second-order valence-corrected chi connectivity index (χ2v) is 16.7. The molecule has 3 fully saturated rings. The highest BCUT2D eigenvalue weighted by atomic mass is 16.5. The van der Waals surface area contributed by atoms with E-state index in [1.807, 2.05) is 6.08 Å². The van der Waals surface area contributed by atoms with Crippen molar-refractivity contribution in [1.82, 2.24) is 0 Å². The predicted molar refractivity (Wildman–Crippen MR) is 193 cm³/mol. The van der Waals surface area contributed by atoms with Crippen LogP contribution in [0.3, 0.4) is 0 Å². The second-order valence-electron chi connectivity index (χ2n) is 16.7. The average Bonchev–Trinajstić information content (AvgIpc) is 3.40. The lowest BCUT2D eigenvalue weighted by atomic mass is 9.47. The van der Waals surface area contributed by atoms with Gasteiger partial charge in [-0.1, -0.05) is 114 Å². The molecule has 0 bridgehead atoms. The van der Waals surface area contributed by atoms with Crippen LogP contribution in [0.15, 0.2) is 72.3 Å². The van der Waals surface area contributed by atoms with Gasteiger partial charge >= 0.3 is 5.97 Å². The maximum atomic E-state index is 13.2. The summed E-state index contributed by atoms with van der Waals surface area (Å²) in [6.45, 7) is 12.6. The van der Waals surface area contributed by atoms with Crippen molar-refractivity contribution in [2.45, 2.75) is 111 Å². The first-order valence-electron chi connectivity index (χ1n) is 18.7. The summed E-state index contributed by atoms with van der Waals surface area (Å²) in [4.78, 5) is 13.2. The van der Waals surface area contributed by atoms with Crippen molar-refractivity contribution in [3.63, 3.8) is 0 Å². The van der Waals surface area contributed by atoms with Gasteiger partial charge in [0.15, 0.2) is 0 Å². The van der Waals surface area contributed by atoms with E-state index in [1.54, 1.807) is 11.6 Å². The molecule has 3 aromatic rings. The Morgan fingerprint density at radius 1 is 0.891 bits per heavy atom. The van der Waals surface area contributed by atoms with Gasteiger partial charge in [-0.2, -0.15) is 0 Å². The summed E-state index contributed by atoms with van der Waals surface area (Å²) < 4.78 is 6.17. The van der Waals surface area contributed by atoms with Crippen LogP contribution in [0, 0.1) is 46.3 Å². The van der Waals surface area contributed by atoms with Gasteiger partial charge < -0.3 is 4.74 Å². The minimum absolute atomic E-state index is 0.0197. The van der Waals surface area contributed by atoms with E-state index in [9.17, 15) is 4.79 Å². The van der Waals surface area contributed by atoms with E-state index in [4.69, 9.17) is 4.74 Å². The quantitative estimate of drug-likeness (QED) is 0.109. The van der Waals surface area contributed by atoms with Gasteiger partial charge in [-0.05, 0) is 131 Å². The Labute approximate surface area is 278 Å². The van der Waals surface area contributed by atoms with E-state index in [1.165, 1.54) is 72.9 Å². The fourth-order valence-corrected chi connectivity index (χ4v) is 11.3. The van der Waals surface area contributed by atoms with E-state index in [-0.39, 0.29) is 17.5 Å². The molecule has 2 nitrogen and oxygen atoms in total. The molecule has 0 N–H and O–H groups in total. The summed E-state index contributed by atoms with van der Waals surface area (Å²) >= 11 is 0. The van der Waals surface area contributed by atoms with Crippen LogP contribution < -0.4 is 0 Å². The molecule has 8 atom stereocenters.